The molecule has 5 N–H and O–H groups in total. The van der Waals surface area contributed by atoms with Gasteiger partial charge in [0, 0.05) is 54.6 Å². The zero-order valence-corrected chi connectivity index (χ0v) is 28.6. The summed E-state index contributed by atoms with van der Waals surface area (Å²) in [6.45, 7) is 8.40. The van der Waals surface area contributed by atoms with Crippen LogP contribution in [0.3, 0.4) is 0 Å². The van der Waals surface area contributed by atoms with Gasteiger partial charge in [0.1, 0.15) is 11.5 Å². The van der Waals surface area contributed by atoms with Crippen molar-refractivity contribution in [3.63, 3.8) is 0 Å². The summed E-state index contributed by atoms with van der Waals surface area (Å²) in [4.78, 5) is 26.6. The smallest absolute Gasteiger partial charge is 0.388 e. The molecule has 0 bridgehead atoms. The van der Waals surface area contributed by atoms with E-state index in [4.69, 9.17) is 11.5 Å². The molecule has 2 aromatic carbocycles. The maximum Gasteiger partial charge on any atom is 0.416 e. The van der Waals surface area contributed by atoms with E-state index in [9.17, 15) is 22.4 Å². The Morgan fingerprint density at radius 3 is 2.54 bits per heavy atom. The van der Waals surface area contributed by atoms with Crippen LogP contribution in [0.25, 0.3) is 28.0 Å². The minimum Gasteiger partial charge on any atom is -0.388 e. The molecule has 2 heterocycles. The lowest BCUT2D eigenvalue weighted by Crippen LogP contribution is -2.32. The van der Waals surface area contributed by atoms with E-state index < -0.39 is 29.9 Å². The lowest BCUT2D eigenvalue weighted by atomic mass is 9.98. The molecule has 0 aliphatic rings. The molecule has 0 radical (unpaired) electrons. The molecular weight excluding hydrogens is 653 g/mol. The van der Waals surface area contributed by atoms with Gasteiger partial charge in [-0.25, -0.2) is 9.18 Å². The summed E-state index contributed by atoms with van der Waals surface area (Å²) in [5, 5.41) is 0.455. The zero-order chi connectivity index (χ0) is 36.4. The highest BCUT2D eigenvalue weighted by Crippen LogP contribution is 2.35. The van der Waals surface area contributed by atoms with Crippen molar-refractivity contribution in [1.82, 2.24) is 19.4 Å². The highest BCUT2D eigenvalue weighted by atomic mass is 19.4. The number of hydrogen-bond acceptors (Lipinski definition) is 5. The monoisotopic (exact) mass is 699 g/mol. The first kappa shape index (κ1) is 38.4. The maximum absolute atomic E-state index is 15.9. The number of fused-ring (bicyclic) bond motifs is 1. The Kier molecular flexibility index (Phi) is 13.5. The number of aryl methyl sites for hydroxylation is 1. The summed E-state index contributed by atoms with van der Waals surface area (Å²) < 4.78 is 71.9. The molecule has 50 heavy (non-hydrogen) atoms. The van der Waals surface area contributed by atoms with Crippen LogP contribution < -0.4 is 17.2 Å². The molecule has 2 aromatic heterocycles. The number of nitrogens with one attached hydrogen (secondary N) is 1. The second-order valence-corrected chi connectivity index (χ2v) is 12.6. The first-order chi connectivity index (χ1) is 23.8. The molecule has 2 unspecified atom stereocenters. The van der Waals surface area contributed by atoms with Gasteiger partial charge in [0.2, 0.25) is 0 Å². The van der Waals surface area contributed by atoms with Crippen molar-refractivity contribution >= 4 is 16.9 Å². The van der Waals surface area contributed by atoms with Crippen LogP contribution in [0.5, 0.6) is 0 Å². The highest BCUT2D eigenvalue weighted by molar-refractivity contribution is 5.83. The van der Waals surface area contributed by atoms with Gasteiger partial charge in [-0.2, -0.15) is 18.2 Å². The molecular formula is C37H46F5N7O. The van der Waals surface area contributed by atoms with Gasteiger partial charge in [0.15, 0.2) is 0 Å². The highest BCUT2D eigenvalue weighted by Gasteiger charge is 2.31. The largest absolute Gasteiger partial charge is 0.416 e. The average Bonchev–Trinajstić information content (AvgIpc) is 3.49. The molecule has 4 aromatic rings. The summed E-state index contributed by atoms with van der Waals surface area (Å²) >= 11 is 0. The van der Waals surface area contributed by atoms with Gasteiger partial charge in [0.05, 0.1) is 23.8 Å². The topological polar surface area (TPSA) is 118 Å². The van der Waals surface area contributed by atoms with E-state index in [2.05, 4.69) is 26.4 Å². The van der Waals surface area contributed by atoms with Crippen LogP contribution in [0, 0.1) is 5.82 Å². The first-order valence-corrected chi connectivity index (χ1v) is 16.9. The Morgan fingerprint density at radius 2 is 1.88 bits per heavy atom. The second-order valence-electron chi connectivity index (χ2n) is 12.6. The van der Waals surface area contributed by atoms with Crippen LogP contribution >= 0.6 is 0 Å². The lowest BCUT2D eigenvalue weighted by molar-refractivity contribution is -0.137. The fourth-order valence-electron chi connectivity index (χ4n) is 6.11. The zero-order valence-electron chi connectivity index (χ0n) is 28.6. The Hall–Kier alpha value is -4.36. The summed E-state index contributed by atoms with van der Waals surface area (Å²) in [6, 6.07) is 9.47. The molecule has 0 saturated heterocycles. The summed E-state index contributed by atoms with van der Waals surface area (Å²) in [6.07, 6.45) is 2.47. The van der Waals surface area contributed by atoms with Gasteiger partial charge in [-0.3, -0.25) is 18.8 Å². The van der Waals surface area contributed by atoms with Crippen molar-refractivity contribution < 1.29 is 22.0 Å². The van der Waals surface area contributed by atoms with Gasteiger partial charge in [-0.15, -0.1) is 6.58 Å². The SMILES string of the molecule is C=CC(N)CCCc1cc(-c2cc3cn(-c4ccc(C(CCC)N(CCCF)CCCN=C(C)N)c(F)c4)c(=O)nc3[nH]2)cc(C(F)(F)F)c1. The van der Waals surface area contributed by atoms with E-state index in [0.717, 1.165) is 18.6 Å². The van der Waals surface area contributed by atoms with Gasteiger partial charge in [0.25, 0.3) is 0 Å². The Bertz CT molecular complexity index is 1830. The van der Waals surface area contributed by atoms with Crippen molar-refractivity contribution in [2.24, 2.45) is 16.5 Å². The van der Waals surface area contributed by atoms with Crippen LogP contribution in [0.1, 0.15) is 75.1 Å². The number of halogens is 5. The maximum atomic E-state index is 15.9. The molecule has 13 heteroatoms. The molecule has 0 amide bonds. The number of H-pyrrole nitrogens is 1. The number of aromatic amines is 1. The predicted molar refractivity (Wildman–Crippen MR) is 190 cm³/mol. The normalized spacial score (nSPS) is 13.7. The summed E-state index contributed by atoms with van der Waals surface area (Å²) in [7, 11) is 0. The van der Waals surface area contributed by atoms with Crippen LogP contribution in [-0.4, -0.2) is 57.6 Å². The van der Waals surface area contributed by atoms with E-state index in [1.165, 1.54) is 16.8 Å². The first-order valence-electron chi connectivity index (χ1n) is 16.9. The van der Waals surface area contributed by atoms with E-state index in [-0.39, 0.29) is 23.4 Å². The van der Waals surface area contributed by atoms with E-state index in [0.29, 0.717) is 91.8 Å². The second kappa shape index (κ2) is 17.5. The van der Waals surface area contributed by atoms with E-state index in [1.807, 2.05) is 6.92 Å². The fourth-order valence-corrected chi connectivity index (χ4v) is 6.11. The van der Waals surface area contributed by atoms with Gasteiger partial charge in [-0.05, 0) is 93.0 Å². The Morgan fingerprint density at radius 1 is 1.12 bits per heavy atom. The Labute approximate surface area is 289 Å². The summed E-state index contributed by atoms with van der Waals surface area (Å²) in [5.74, 6) is -0.0404. The van der Waals surface area contributed by atoms with Gasteiger partial charge < -0.3 is 16.5 Å². The minimum absolute atomic E-state index is 0.190. The number of nitrogens with zero attached hydrogens (tertiary/aromatic N) is 4. The molecule has 4 rings (SSSR count). The van der Waals surface area contributed by atoms with Crippen LogP contribution in [0.4, 0.5) is 22.0 Å². The number of alkyl halides is 4. The third-order valence-electron chi connectivity index (χ3n) is 8.61. The van der Waals surface area contributed by atoms with Crippen molar-refractivity contribution in [3.8, 4) is 16.9 Å². The molecule has 0 saturated carbocycles. The standard InChI is InChI=1S/C37H46F5N7O/c1-4-9-34(48(16-7-14-38)17-8-15-45-24(3)43)31-13-12-30(22-32(31)39)49-23-27-21-33(46-35(27)47-36(49)50)26-18-25(10-6-11-29(44)5-2)19-28(20-26)37(40,41)42/h5,12-13,18-23,29,34H,2,4,6-11,14-17,44H2,1,3H3,(H2,43,45)(H,46,47,50). The lowest BCUT2D eigenvalue weighted by Gasteiger charge is -2.32. The number of rotatable bonds is 18. The van der Waals surface area contributed by atoms with Gasteiger partial charge in [-0.1, -0.05) is 25.5 Å². The summed E-state index contributed by atoms with van der Waals surface area (Å²) in [5.41, 5.74) is 12.1. The quantitative estimate of drug-likeness (QED) is 0.0324. The molecule has 0 aliphatic heterocycles. The number of benzene rings is 2. The minimum atomic E-state index is -4.56. The fraction of sp³-hybridized carbons (Fsp3) is 0.432. The number of amidine groups is 1. The van der Waals surface area contributed by atoms with Crippen LogP contribution in [0.15, 0.2) is 71.1 Å². The molecule has 0 aliphatic carbocycles. The van der Waals surface area contributed by atoms with E-state index in [1.54, 1.807) is 37.3 Å². The predicted octanol–water partition coefficient (Wildman–Crippen LogP) is 7.64. The Balaban J connectivity index is 1.66. The molecule has 0 spiro atoms. The molecule has 270 valence electrons. The average molecular weight is 700 g/mol. The molecule has 0 fully saturated rings. The number of hydrogen-bond donors (Lipinski definition) is 3. The van der Waals surface area contributed by atoms with Crippen molar-refractivity contribution in [1.29, 1.82) is 0 Å². The van der Waals surface area contributed by atoms with E-state index >= 15 is 4.39 Å². The van der Waals surface area contributed by atoms with Gasteiger partial charge >= 0.3 is 11.9 Å². The molecule has 2 atom stereocenters. The number of aliphatic imine (C=N–C) groups is 1. The van der Waals surface area contributed by atoms with Crippen molar-refractivity contribution in [2.45, 2.75) is 77.1 Å². The molecule has 8 nitrogen and oxygen atoms in total. The third-order valence-corrected chi connectivity index (χ3v) is 8.61. The number of aromatic nitrogens is 3. The van der Waals surface area contributed by atoms with Crippen molar-refractivity contribution in [3.05, 3.63) is 94.3 Å². The van der Waals surface area contributed by atoms with Crippen molar-refractivity contribution in [2.75, 3.05) is 26.3 Å². The third kappa shape index (κ3) is 10.1. The number of nitrogens with two attached hydrogens (primary N) is 2. The van der Waals surface area contributed by atoms with Crippen LogP contribution in [0.2, 0.25) is 0 Å². The van der Waals surface area contributed by atoms with Crippen LogP contribution in [-0.2, 0) is 12.6 Å².